The van der Waals surface area contributed by atoms with Gasteiger partial charge in [-0.2, -0.15) is 0 Å². The molecule has 1 aliphatic rings. The van der Waals surface area contributed by atoms with Crippen LogP contribution in [0, 0.1) is 12.3 Å². The molecular formula is C22H23N3O3. The van der Waals surface area contributed by atoms with E-state index in [1.165, 1.54) is 0 Å². The summed E-state index contributed by atoms with van der Waals surface area (Å²) in [6.45, 7) is 4.78. The number of amides is 2. The van der Waals surface area contributed by atoms with Gasteiger partial charge < -0.3 is 14.6 Å². The Kier molecular flexibility index (Phi) is 4.63. The topological polar surface area (TPSA) is 75.4 Å². The predicted molar refractivity (Wildman–Crippen MR) is 107 cm³/mol. The van der Waals surface area contributed by atoms with Crippen LogP contribution in [-0.4, -0.2) is 34.8 Å². The summed E-state index contributed by atoms with van der Waals surface area (Å²) in [5.41, 5.74) is 2.10. The fourth-order valence-electron chi connectivity index (χ4n) is 3.76. The molecular weight excluding hydrogens is 354 g/mol. The van der Waals surface area contributed by atoms with Gasteiger partial charge in [0.05, 0.1) is 5.41 Å². The van der Waals surface area contributed by atoms with Crippen LogP contribution >= 0.6 is 0 Å². The number of nitrogens with one attached hydrogen (secondary N) is 1. The Hall–Kier alpha value is -3.15. The first-order valence-corrected chi connectivity index (χ1v) is 9.48. The van der Waals surface area contributed by atoms with Gasteiger partial charge in [-0.1, -0.05) is 18.2 Å². The number of carbonyl (C=O) groups excluding carboxylic acids is 2. The fourth-order valence-corrected chi connectivity index (χ4v) is 3.76. The highest BCUT2D eigenvalue weighted by Crippen LogP contribution is 2.32. The van der Waals surface area contributed by atoms with Crippen LogP contribution in [0.4, 0.5) is 5.69 Å². The number of carbonyl (C=O) groups is 2. The maximum absolute atomic E-state index is 13.0. The highest BCUT2D eigenvalue weighted by Gasteiger charge is 2.39. The molecule has 28 heavy (non-hydrogen) atoms. The number of hydrogen-bond acceptors (Lipinski definition) is 4. The Balaban J connectivity index is 1.49. The second-order valence-electron chi connectivity index (χ2n) is 7.63. The molecule has 1 aromatic heterocycles. The van der Waals surface area contributed by atoms with Crippen LogP contribution in [0.15, 0.2) is 52.9 Å². The van der Waals surface area contributed by atoms with Crippen molar-refractivity contribution in [1.29, 1.82) is 0 Å². The minimum absolute atomic E-state index is 0.0289. The van der Waals surface area contributed by atoms with E-state index in [1.807, 2.05) is 49.4 Å². The third-order valence-electron chi connectivity index (χ3n) is 5.30. The number of piperidine rings is 1. The maximum Gasteiger partial charge on any atom is 0.253 e. The molecule has 1 atom stereocenters. The number of anilines is 1. The lowest BCUT2D eigenvalue weighted by atomic mass is 9.80. The minimum atomic E-state index is -0.641. The number of aryl methyl sites for hydroxylation is 1. The molecule has 1 saturated heterocycles. The van der Waals surface area contributed by atoms with Crippen molar-refractivity contribution in [2.45, 2.75) is 26.7 Å². The summed E-state index contributed by atoms with van der Waals surface area (Å²) in [6, 6.07) is 14.6. The lowest BCUT2D eigenvalue weighted by Gasteiger charge is -2.39. The Morgan fingerprint density at radius 1 is 1.18 bits per heavy atom. The summed E-state index contributed by atoms with van der Waals surface area (Å²) in [5, 5.41) is 2.99. The molecule has 0 spiro atoms. The van der Waals surface area contributed by atoms with Crippen molar-refractivity contribution < 1.29 is 14.0 Å². The molecule has 1 N–H and O–H groups in total. The van der Waals surface area contributed by atoms with Gasteiger partial charge in [-0.05, 0) is 50.1 Å². The molecule has 4 rings (SSSR count). The highest BCUT2D eigenvalue weighted by atomic mass is 16.3. The zero-order valence-corrected chi connectivity index (χ0v) is 16.1. The van der Waals surface area contributed by atoms with Crippen molar-refractivity contribution >= 4 is 28.6 Å². The molecule has 0 radical (unpaired) electrons. The van der Waals surface area contributed by atoms with Crippen LogP contribution in [0.25, 0.3) is 11.1 Å². The normalized spacial score (nSPS) is 19.6. The van der Waals surface area contributed by atoms with Crippen molar-refractivity contribution in [3.8, 4) is 0 Å². The first-order valence-electron chi connectivity index (χ1n) is 9.48. The average Bonchev–Trinajstić information content (AvgIpc) is 3.07. The summed E-state index contributed by atoms with van der Waals surface area (Å²) in [7, 11) is 0. The largest absolute Gasteiger partial charge is 0.441 e. The van der Waals surface area contributed by atoms with Crippen LogP contribution in [-0.2, 0) is 4.79 Å². The maximum atomic E-state index is 13.0. The van der Waals surface area contributed by atoms with Crippen LogP contribution < -0.4 is 5.32 Å². The van der Waals surface area contributed by atoms with Crippen molar-refractivity contribution in [2.75, 3.05) is 18.4 Å². The smallest absolute Gasteiger partial charge is 0.253 e. The first-order chi connectivity index (χ1) is 13.4. The second kappa shape index (κ2) is 7.11. The van der Waals surface area contributed by atoms with Crippen molar-refractivity contribution in [2.24, 2.45) is 5.41 Å². The number of benzene rings is 2. The third kappa shape index (κ3) is 3.50. The van der Waals surface area contributed by atoms with Crippen molar-refractivity contribution in [3.05, 3.63) is 60.0 Å². The van der Waals surface area contributed by atoms with Crippen LogP contribution in [0.3, 0.4) is 0 Å². The molecule has 2 amide bonds. The number of rotatable bonds is 3. The molecule has 0 saturated carbocycles. The molecule has 144 valence electrons. The van der Waals surface area contributed by atoms with Crippen LogP contribution in [0.2, 0.25) is 0 Å². The Morgan fingerprint density at radius 2 is 1.96 bits per heavy atom. The summed E-state index contributed by atoms with van der Waals surface area (Å²) in [5.74, 6) is 0.476. The minimum Gasteiger partial charge on any atom is -0.441 e. The van der Waals surface area contributed by atoms with Gasteiger partial charge in [0.25, 0.3) is 5.91 Å². The molecule has 1 fully saturated rings. The molecule has 0 aliphatic carbocycles. The van der Waals surface area contributed by atoms with Crippen LogP contribution in [0.1, 0.15) is 36.0 Å². The molecule has 3 aromatic rings. The van der Waals surface area contributed by atoms with E-state index in [1.54, 1.807) is 17.9 Å². The summed E-state index contributed by atoms with van der Waals surface area (Å²) < 4.78 is 5.48. The molecule has 0 bridgehead atoms. The third-order valence-corrected chi connectivity index (χ3v) is 5.30. The van der Waals surface area contributed by atoms with Crippen molar-refractivity contribution in [1.82, 2.24) is 9.88 Å². The molecule has 2 heterocycles. The Morgan fingerprint density at radius 3 is 2.75 bits per heavy atom. The van der Waals surface area contributed by atoms with Gasteiger partial charge in [0, 0.05) is 31.3 Å². The summed E-state index contributed by atoms with van der Waals surface area (Å²) in [4.78, 5) is 31.9. The molecule has 0 unspecified atom stereocenters. The van der Waals surface area contributed by atoms with Gasteiger partial charge in [-0.3, -0.25) is 9.59 Å². The number of nitrogens with zero attached hydrogens (tertiary/aromatic N) is 2. The fraction of sp³-hybridized carbons (Fsp3) is 0.318. The first kappa shape index (κ1) is 18.2. The van der Waals surface area contributed by atoms with Gasteiger partial charge in [0.15, 0.2) is 11.5 Å². The lowest BCUT2D eigenvalue weighted by molar-refractivity contribution is -0.127. The van der Waals surface area contributed by atoms with E-state index in [9.17, 15) is 9.59 Å². The van der Waals surface area contributed by atoms with E-state index in [2.05, 4.69) is 10.3 Å². The summed E-state index contributed by atoms with van der Waals surface area (Å²) in [6.07, 6.45) is 1.53. The van der Waals surface area contributed by atoms with Gasteiger partial charge >= 0.3 is 0 Å². The SMILES string of the molecule is Cc1nc2cc(NC(=O)[C@@]3(C)CCCN(C(=O)c4ccccc4)C3)ccc2o1. The average molecular weight is 377 g/mol. The lowest BCUT2D eigenvalue weighted by Crippen LogP contribution is -2.50. The number of oxazole rings is 1. The second-order valence-corrected chi connectivity index (χ2v) is 7.63. The zero-order chi connectivity index (χ0) is 19.7. The van der Waals surface area contributed by atoms with E-state index in [-0.39, 0.29) is 11.8 Å². The molecule has 6 nitrogen and oxygen atoms in total. The number of likely N-dealkylation sites (tertiary alicyclic amines) is 1. The molecule has 6 heteroatoms. The Bertz CT molecular complexity index is 1030. The van der Waals surface area contributed by atoms with E-state index < -0.39 is 5.41 Å². The summed E-state index contributed by atoms with van der Waals surface area (Å²) >= 11 is 0. The van der Waals surface area contributed by atoms with Crippen LogP contribution in [0.5, 0.6) is 0 Å². The van der Waals surface area contributed by atoms with E-state index in [4.69, 9.17) is 4.42 Å². The number of aromatic nitrogens is 1. The number of fused-ring (bicyclic) bond motifs is 1. The van der Waals surface area contributed by atoms with E-state index in [0.29, 0.717) is 41.3 Å². The highest BCUT2D eigenvalue weighted by molar-refractivity contribution is 5.98. The zero-order valence-electron chi connectivity index (χ0n) is 16.1. The van der Waals surface area contributed by atoms with Gasteiger partial charge in [0.1, 0.15) is 5.52 Å². The van der Waals surface area contributed by atoms with Gasteiger partial charge in [-0.25, -0.2) is 4.98 Å². The van der Waals surface area contributed by atoms with Crippen molar-refractivity contribution in [3.63, 3.8) is 0 Å². The molecule has 1 aliphatic heterocycles. The van der Waals surface area contributed by atoms with E-state index >= 15 is 0 Å². The Labute approximate surface area is 163 Å². The predicted octanol–water partition coefficient (Wildman–Crippen LogP) is 4.02. The monoisotopic (exact) mass is 377 g/mol. The molecule has 2 aromatic carbocycles. The quantitative estimate of drug-likeness (QED) is 0.748. The van der Waals surface area contributed by atoms with E-state index in [0.717, 1.165) is 12.8 Å². The standard InChI is InChI=1S/C22H23N3O3/c1-15-23-18-13-17(9-10-19(18)28-15)24-21(27)22(2)11-6-12-25(14-22)20(26)16-7-4-3-5-8-16/h3-5,7-10,13H,6,11-12,14H2,1-2H3,(H,24,27)/t22-/m0/s1. The van der Waals surface area contributed by atoms with Gasteiger partial charge in [-0.15, -0.1) is 0 Å². The van der Waals surface area contributed by atoms with Gasteiger partial charge in [0.2, 0.25) is 5.91 Å². The number of hydrogen-bond donors (Lipinski definition) is 1.